The molecule has 0 aliphatic rings. The Labute approximate surface area is 167 Å². The van der Waals surface area contributed by atoms with Crippen LogP contribution >= 0.6 is 11.3 Å². The number of benzene rings is 2. The van der Waals surface area contributed by atoms with Gasteiger partial charge in [-0.05, 0) is 49.7 Å². The molecule has 0 aliphatic carbocycles. The molecule has 2 heterocycles. The summed E-state index contributed by atoms with van der Waals surface area (Å²) in [6.45, 7) is 4.77. The second-order valence-corrected chi connectivity index (χ2v) is 7.31. The minimum atomic E-state index is -0.133. The van der Waals surface area contributed by atoms with E-state index in [2.05, 4.69) is 20.9 Å². The molecular formula is C22H21N3O2S. The summed E-state index contributed by atoms with van der Waals surface area (Å²) in [6.07, 6.45) is 0. The predicted molar refractivity (Wildman–Crippen MR) is 114 cm³/mol. The quantitative estimate of drug-likeness (QED) is 0.499. The number of amides is 1. The van der Waals surface area contributed by atoms with Gasteiger partial charge < -0.3 is 9.30 Å². The molecule has 2 aromatic heterocycles. The van der Waals surface area contributed by atoms with Crippen molar-refractivity contribution in [3.63, 3.8) is 0 Å². The number of hydrogen-bond acceptors (Lipinski definition) is 4. The Morgan fingerprint density at radius 2 is 1.93 bits per heavy atom. The summed E-state index contributed by atoms with van der Waals surface area (Å²) in [5.41, 5.74) is 4.56. The van der Waals surface area contributed by atoms with Crippen molar-refractivity contribution in [1.29, 1.82) is 0 Å². The molecule has 0 unspecified atom stereocenters. The second kappa shape index (κ2) is 7.48. The van der Waals surface area contributed by atoms with Crippen LogP contribution in [0.2, 0.25) is 0 Å². The highest BCUT2D eigenvalue weighted by molar-refractivity contribution is 7.14. The van der Waals surface area contributed by atoms with E-state index in [4.69, 9.17) is 4.74 Å². The first-order valence-electron chi connectivity index (χ1n) is 9.11. The molecule has 0 radical (unpaired) electrons. The first-order chi connectivity index (χ1) is 13.6. The molecule has 0 bridgehead atoms. The third-order valence-electron chi connectivity index (χ3n) is 4.87. The molecule has 0 fully saturated rings. The van der Waals surface area contributed by atoms with Crippen LogP contribution in [0.25, 0.3) is 22.2 Å². The predicted octanol–water partition coefficient (Wildman–Crippen LogP) is 5.35. The Bertz CT molecular complexity index is 1140. The number of anilines is 1. The molecule has 0 spiro atoms. The normalized spacial score (nSPS) is 11.0. The average Bonchev–Trinajstić information content (AvgIpc) is 3.30. The minimum Gasteiger partial charge on any atom is -0.497 e. The summed E-state index contributed by atoms with van der Waals surface area (Å²) < 4.78 is 7.25. The zero-order valence-electron chi connectivity index (χ0n) is 16.0. The third kappa shape index (κ3) is 3.16. The van der Waals surface area contributed by atoms with E-state index in [1.54, 1.807) is 7.11 Å². The number of thiazole rings is 1. The molecule has 6 heteroatoms. The first kappa shape index (κ1) is 18.3. The van der Waals surface area contributed by atoms with Crippen LogP contribution in [0.5, 0.6) is 5.75 Å². The summed E-state index contributed by atoms with van der Waals surface area (Å²) in [5, 5.41) is 6.60. The van der Waals surface area contributed by atoms with Gasteiger partial charge in [-0.15, -0.1) is 11.3 Å². The fourth-order valence-corrected chi connectivity index (χ4v) is 4.19. The van der Waals surface area contributed by atoms with Crippen LogP contribution in [0.15, 0.2) is 53.9 Å². The van der Waals surface area contributed by atoms with Crippen molar-refractivity contribution >= 4 is 33.3 Å². The number of rotatable bonds is 5. The Morgan fingerprint density at radius 1 is 1.18 bits per heavy atom. The smallest absolute Gasteiger partial charge is 0.274 e. The summed E-state index contributed by atoms with van der Waals surface area (Å²) in [6, 6.07) is 15.8. The molecule has 1 N–H and O–H groups in total. The van der Waals surface area contributed by atoms with E-state index in [1.807, 2.05) is 61.7 Å². The van der Waals surface area contributed by atoms with Crippen molar-refractivity contribution < 1.29 is 9.53 Å². The lowest BCUT2D eigenvalue weighted by Gasteiger charge is -2.08. The number of aryl methyl sites for hydroxylation is 2. The van der Waals surface area contributed by atoms with Crippen LogP contribution in [0.3, 0.4) is 0 Å². The van der Waals surface area contributed by atoms with Gasteiger partial charge in [-0.3, -0.25) is 10.1 Å². The van der Waals surface area contributed by atoms with Crippen LogP contribution in [0.1, 0.15) is 23.0 Å². The molecule has 142 valence electrons. The van der Waals surface area contributed by atoms with Crippen LogP contribution in [0.4, 0.5) is 5.13 Å². The van der Waals surface area contributed by atoms with Crippen molar-refractivity contribution in [1.82, 2.24) is 9.55 Å². The van der Waals surface area contributed by atoms with Gasteiger partial charge in [0, 0.05) is 28.4 Å². The van der Waals surface area contributed by atoms with E-state index < -0.39 is 0 Å². The lowest BCUT2D eigenvalue weighted by atomic mass is 10.1. The van der Waals surface area contributed by atoms with Crippen molar-refractivity contribution in [3.8, 4) is 17.0 Å². The van der Waals surface area contributed by atoms with Gasteiger partial charge in [0.2, 0.25) is 0 Å². The van der Waals surface area contributed by atoms with E-state index in [0.717, 1.165) is 40.0 Å². The fourth-order valence-electron chi connectivity index (χ4n) is 3.48. The topological polar surface area (TPSA) is 56.2 Å². The molecule has 0 saturated heterocycles. The van der Waals surface area contributed by atoms with E-state index in [0.29, 0.717) is 10.8 Å². The third-order valence-corrected chi connectivity index (χ3v) is 5.62. The molecule has 4 aromatic rings. The number of para-hydroxylation sites is 1. The van der Waals surface area contributed by atoms with Crippen molar-refractivity contribution in [3.05, 3.63) is 65.2 Å². The van der Waals surface area contributed by atoms with Crippen LogP contribution in [0, 0.1) is 6.92 Å². The van der Waals surface area contributed by atoms with Crippen molar-refractivity contribution in [2.75, 3.05) is 12.4 Å². The van der Waals surface area contributed by atoms with Gasteiger partial charge in [-0.1, -0.05) is 18.2 Å². The van der Waals surface area contributed by atoms with E-state index in [9.17, 15) is 4.79 Å². The van der Waals surface area contributed by atoms with Gasteiger partial charge in [0.1, 0.15) is 11.4 Å². The molecule has 28 heavy (non-hydrogen) atoms. The van der Waals surface area contributed by atoms with E-state index in [1.165, 1.54) is 11.3 Å². The summed E-state index contributed by atoms with van der Waals surface area (Å²) in [4.78, 5) is 17.6. The molecule has 0 atom stereocenters. The standard InChI is InChI=1S/C22H21N3O2S/c1-4-25-19-8-6-5-7-17(19)14(2)20(25)21(26)24-22-23-18(13-28-22)15-9-11-16(27-3)12-10-15/h5-13H,4H2,1-3H3,(H,23,24,26). The molecule has 5 nitrogen and oxygen atoms in total. The van der Waals surface area contributed by atoms with E-state index in [-0.39, 0.29) is 5.91 Å². The fraction of sp³-hybridized carbons (Fsp3) is 0.182. The molecule has 0 aliphatic heterocycles. The van der Waals surface area contributed by atoms with Gasteiger partial charge >= 0.3 is 0 Å². The van der Waals surface area contributed by atoms with Crippen LogP contribution < -0.4 is 10.1 Å². The van der Waals surface area contributed by atoms with Crippen molar-refractivity contribution in [2.45, 2.75) is 20.4 Å². The highest BCUT2D eigenvalue weighted by Crippen LogP contribution is 2.29. The average molecular weight is 391 g/mol. The Kier molecular flexibility index (Phi) is 4.88. The number of fused-ring (bicyclic) bond motifs is 1. The molecule has 4 rings (SSSR count). The highest BCUT2D eigenvalue weighted by atomic mass is 32.1. The largest absolute Gasteiger partial charge is 0.497 e. The van der Waals surface area contributed by atoms with E-state index >= 15 is 0 Å². The van der Waals surface area contributed by atoms with Gasteiger partial charge in [0.05, 0.1) is 12.8 Å². The number of aromatic nitrogens is 2. The zero-order chi connectivity index (χ0) is 19.7. The first-order valence-corrected chi connectivity index (χ1v) is 9.99. The van der Waals surface area contributed by atoms with Gasteiger partial charge in [0.15, 0.2) is 5.13 Å². The molecule has 0 saturated carbocycles. The number of ether oxygens (including phenoxy) is 1. The lowest BCUT2D eigenvalue weighted by Crippen LogP contribution is -2.17. The maximum absolute atomic E-state index is 13.0. The minimum absolute atomic E-state index is 0.133. The highest BCUT2D eigenvalue weighted by Gasteiger charge is 2.20. The number of nitrogens with one attached hydrogen (secondary N) is 1. The number of nitrogens with zero attached hydrogens (tertiary/aromatic N) is 2. The van der Waals surface area contributed by atoms with Crippen LogP contribution in [-0.4, -0.2) is 22.6 Å². The SMILES string of the molecule is CCn1c(C(=O)Nc2nc(-c3ccc(OC)cc3)cs2)c(C)c2ccccc21. The Hall–Kier alpha value is -3.12. The Morgan fingerprint density at radius 3 is 2.64 bits per heavy atom. The summed E-state index contributed by atoms with van der Waals surface area (Å²) >= 11 is 1.42. The monoisotopic (exact) mass is 391 g/mol. The molecule has 2 aromatic carbocycles. The maximum Gasteiger partial charge on any atom is 0.274 e. The maximum atomic E-state index is 13.0. The second-order valence-electron chi connectivity index (χ2n) is 6.46. The Balaban J connectivity index is 1.62. The number of carbonyl (C=O) groups is 1. The number of methoxy groups -OCH3 is 1. The van der Waals surface area contributed by atoms with Gasteiger partial charge in [0.25, 0.3) is 5.91 Å². The van der Waals surface area contributed by atoms with Gasteiger partial charge in [-0.25, -0.2) is 4.98 Å². The molecular weight excluding hydrogens is 370 g/mol. The summed E-state index contributed by atoms with van der Waals surface area (Å²) in [7, 11) is 1.64. The summed E-state index contributed by atoms with van der Waals surface area (Å²) in [5.74, 6) is 0.668. The van der Waals surface area contributed by atoms with Crippen molar-refractivity contribution in [2.24, 2.45) is 0 Å². The van der Waals surface area contributed by atoms with Crippen LogP contribution in [-0.2, 0) is 6.54 Å². The number of hydrogen-bond donors (Lipinski definition) is 1. The zero-order valence-corrected chi connectivity index (χ0v) is 16.8. The molecule has 1 amide bonds. The lowest BCUT2D eigenvalue weighted by molar-refractivity contribution is 0.101. The number of carbonyl (C=O) groups excluding carboxylic acids is 1. The van der Waals surface area contributed by atoms with Gasteiger partial charge in [-0.2, -0.15) is 0 Å².